The van der Waals surface area contributed by atoms with E-state index in [1.54, 1.807) is 13.2 Å². The molecule has 21 heavy (non-hydrogen) atoms. The molecule has 1 N–H and O–H groups in total. The summed E-state index contributed by atoms with van der Waals surface area (Å²) in [4.78, 5) is 0. The van der Waals surface area contributed by atoms with Crippen molar-refractivity contribution in [1.82, 2.24) is 5.32 Å². The van der Waals surface area contributed by atoms with Crippen molar-refractivity contribution >= 4 is 0 Å². The van der Waals surface area contributed by atoms with Gasteiger partial charge in [0.2, 0.25) is 0 Å². The van der Waals surface area contributed by atoms with Crippen LogP contribution < -0.4 is 5.32 Å². The Balaban J connectivity index is 2.22. The molecule has 0 aromatic heterocycles. The fourth-order valence-electron chi connectivity index (χ4n) is 2.66. The lowest BCUT2D eigenvalue weighted by Crippen LogP contribution is -2.35. The number of methoxy groups -OCH3 is 1. The van der Waals surface area contributed by atoms with Crippen LogP contribution in [0.4, 0.5) is 4.39 Å². The Kier molecular flexibility index (Phi) is 5.48. The SMILES string of the molecule is CNC(Cc1ccc(F)cc1C)C(OC)c1ccccc1. The van der Waals surface area contributed by atoms with Crippen molar-refractivity contribution in [2.75, 3.05) is 14.2 Å². The van der Waals surface area contributed by atoms with E-state index in [9.17, 15) is 4.39 Å². The molecule has 112 valence electrons. The summed E-state index contributed by atoms with van der Waals surface area (Å²) in [6, 6.07) is 15.2. The van der Waals surface area contributed by atoms with Crippen molar-refractivity contribution in [2.45, 2.75) is 25.5 Å². The summed E-state index contributed by atoms with van der Waals surface area (Å²) >= 11 is 0. The van der Waals surface area contributed by atoms with Gasteiger partial charge in [0.05, 0.1) is 6.10 Å². The molecule has 0 saturated heterocycles. The van der Waals surface area contributed by atoms with Gasteiger partial charge >= 0.3 is 0 Å². The number of ether oxygens (including phenoxy) is 1. The first-order chi connectivity index (χ1) is 10.2. The molecule has 0 aliphatic heterocycles. The van der Waals surface area contributed by atoms with Crippen LogP contribution in [0.15, 0.2) is 48.5 Å². The quantitative estimate of drug-likeness (QED) is 0.875. The topological polar surface area (TPSA) is 21.3 Å². The maximum absolute atomic E-state index is 13.2. The van der Waals surface area contributed by atoms with Crippen molar-refractivity contribution in [2.24, 2.45) is 0 Å². The average molecular weight is 287 g/mol. The third kappa shape index (κ3) is 3.90. The van der Waals surface area contributed by atoms with Gasteiger partial charge in [0, 0.05) is 13.2 Å². The fourth-order valence-corrected chi connectivity index (χ4v) is 2.66. The number of hydrogen-bond acceptors (Lipinski definition) is 2. The standard InChI is InChI=1S/C18H22FNO/c1-13-11-16(19)10-9-15(13)12-17(20-2)18(21-3)14-7-5-4-6-8-14/h4-11,17-18,20H,12H2,1-3H3. The van der Waals surface area contributed by atoms with Crippen LogP contribution in [-0.2, 0) is 11.2 Å². The van der Waals surface area contributed by atoms with E-state index in [2.05, 4.69) is 17.4 Å². The van der Waals surface area contributed by atoms with Gasteiger partial charge in [0.15, 0.2) is 0 Å². The summed E-state index contributed by atoms with van der Waals surface area (Å²) in [6.45, 7) is 1.94. The highest BCUT2D eigenvalue weighted by Gasteiger charge is 2.22. The first-order valence-electron chi connectivity index (χ1n) is 7.15. The number of nitrogens with one attached hydrogen (secondary N) is 1. The zero-order valence-corrected chi connectivity index (χ0v) is 12.8. The molecule has 0 heterocycles. The molecular formula is C18H22FNO. The monoisotopic (exact) mass is 287 g/mol. The lowest BCUT2D eigenvalue weighted by atomic mass is 9.94. The van der Waals surface area contributed by atoms with Crippen LogP contribution in [0, 0.1) is 12.7 Å². The molecule has 2 aromatic rings. The zero-order chi connectivity index (χ0) is 15.2. The third-order valence-electron chi connectivity index (χ3n) is 3.86. The van der Waals surface area contributed by atoms with Gasteiger partial charge in [0.25, 0.3) is 0 Å². The Morgan fingerprint density at radius 1 is 1.14 bits per heavy atom. The van der Waals surface area contributed by atoms with Gasteiger partial charge in [-0.15, -0.1) is 0 Å². The molecule has 0 radical (unpaired) electrons. The van der Waals surface area contributed by atoms with Crippen LogP contribution in [0.5, 0.6) is 0 Å². The first kappa shape index (κ1) is 15.7. The van der Waals surface area contributed by atoms with E-state index in [1.807, 2.05) is 38.2 Å². The summed E-state index contributed by atoms with van der Waals surface area (Å²) < 4.78 is 18.9. The zero-order valence-electron chi connectivity index (χ0n) is 12.8. The maximum Gasteiger partial charge on any atom is 0.123 e. The van der Waals surface area contributed by atoms with Crippen LogP contribution in [0.3, 0.4) is 0 Å². The van der Waals surface area contributed by atoms with Crippen LogP contribution in [0.1, 0.15) is 22.8 Å². The predicted octanol–water partition coefficient (Wildman–Crippen LogP) is 3.65. The lowest BCUT2D eigenvalue weighted by Gasteiger charge is -2.27. The molecule has 2 atom stereocenters. The van der Waals surface area contributed by atoms with E-state index in [-0.39, 0.29) is 18.0 Å². The van der Waals surface area contributed by atoms with Crippen LogP contribution in [0.2, 0.25) is 0 Å². The van der Waals surface area contributed by atoms with E-state index in [1.165, 1.54) is 6.07 Å². The minimum atomic E-state index is -0.191. The van der Waals surface area contributed by atoms with Gasteiger partial charge in [-0.1, -0.05) is 36.4 Å². The maximum atomic E-state index is 13.2. The lowest BCUT2D eigenvalue weighted by molar-refractivity contribution is 0.0703. The van der Waals surface area contributed by atoms with Gasteiger partial charge in [-0.05, 0) is 49.2 Å². The molecule has 2 unspecified atom stereocenters. The summed E-state index contributed by atoms with van der Waals surface area (Å²) in [6.07, 6.45) is 0.747. The Hall–Kier alpha value is -1.71. The molecule has 0 amide bonds. The van der Waals surface area contributed by atoms with E-state index in [0.717, 1.165) is 23.1 Å². The first-order valence-corrected chi connectivity index (χ1v) is 7.15. The van der Waals surface area contributed by atoms with Crippen LogP contribution in [-0.4, -0.2) is 20.2 Å². The predicted molar refractivity (Wildman–Crippen MR) is 83.9 cm³/mol. The van der Waals surface area contributed by atoms with Gasteiger partial charge in [-0.3, -0.25) is 0 Å². The largest absolute Gasteiger partial charge is 0.375 e. The van der Waals surface area contributed by atoms with E-state index < -0.39 is 0 Å². The van der Waals surface area contributed by atoms with Crippen molar-refractivity contribution in [1.29, 1.82) is 0 Å². The Morgan fingerprint density at radius 3 is 2.43 bits per heavy atom. The molecule has 0 aliphatic rings. The molecule has 2 nitrogen and oxygen atoms in total. The molecule has 0 fully saturated rings. The second-order valence-electron chi connectivity index (χ2n) is 5.24. The van der Waals surface area contributed by atoms with E-state index >= 15 is 0 Å². The van der Waals surface area contributed by atoms with Crippen molar-refractivity contribution in [3.63, 3.8) is 0 Å². The molecule has 3 heteroatoms. The van der Waals surface area contributed by atoms with Gasteiger partial charge in [-0.2, -0.15) is 0 Å². The molecule has 0 spiro atoms. The Labute approximate surface area is 126 Å². The summed E-state index contributed by atoms with van der Waals surface area (Å²) in [5.74, 6) is -0.191. The normalized spacial score (nSPS) is 13.9. The Bertz CT molecular complexity index is 571. The van der Waals surface area contributed by atoms with Crippen molar-refractivity contribution in [3.8, 4) is 0 Å². The van der Waals surface area contributed by atoms with Crippen LogP contribution in [0.25, 0.3) is 0 Å². The second-order valence-corrected chi connectivity index (χ2v) is 5.24. The molecule has 2 aromatic carbocycles. The van der Waals surface area contributed by atoms with E-state index in [4.69, 9.17) is 4.74 Å². The number of benzene rings is 2. The number of hydrogen-bond donors (Lipinski definition) is 1. The van der Waals surface area contributed by atoms with Gasteiger partial charge in [0.1, 0.15) is 5.82 Å². The molecular weight excluding hydrogens is 265 g/mol. The fraction of sp³-hybridized carbons (Fsp3) is 0.333. The van der Waals surface area contributed by atoms with Crippen molar-refractivity contribution < 1.29 is 9.13 Å². The third-order valence-corrected chi connectivity index (χ3v) is 3.86. The summed E-state index contributed by atoms with van der Waals surface area (Å²) in [5, 5.41) is 3.32. The van der Waals surface area contributed by atoms with Crippen LogP contribution >= 0.6 is 0 Å². The molecule has 0 aliphatic carbocycles. The average Bonchev–Trinajstić information content (AvgIpc) is 2.50. The molecule has 2 rings (SSSR count). The highest BCUT2D eigenvalue weighted by Crippen LogP contribution is 2.24. The minimum absolute atomic E-state index is 0.0411. The smallest absolute Gasteiger partial charge is 0.123 e. The van der Waals surface area contributed by atoms with E-state index in [0.29, 0.717) is 0 Å². The summed E-state index contributed by atoms with van der Waals surface area (Å²) in [5.41, 5.74) is 3.24. The number of rotatable bonds is 6. The second kappa shape index (κ2) is 7.34. The number of halogens is 1. The summed E-state index contributed by atoms with van der Waals surface area (Å²) in [7, 11) is 3.65. The highest BCUT2D eigenvalue weighted by molar-refractivity contribution is 5.28. The van der Waals surface area contributed by atoms with Crippen molar-refractivity contribution in [3.05, 3.63) is 71.0 Å². The minimum Gasteiger partial charge on any atom is -0.375 e. The number of likely N-dealkylation sites (N-methyl/N-ethyl adjacent to an activating group) is 1. The number of aryl methyl sites for hydroxylation is 1. The van der Waals surface area contributed by atoms with Gasteiger partial charge < -0.3 is 10.1 Å². The van der Waals surface area contributed by atoms with Gasteiger partial charge in [-0.25, -0.2) is 4.39 Å². The highest BCUT2D eigenvalue weighted by atomic mass is 19.1. The molecule has 0 saturated carbocycles. The Morgan fingerprint density at radius 2 is 1.86 bits per heavy atom. The molecule has 0 bridgehead atoms.